The van der Waals surface area contributed by atoms with Crippen LogP contribution in [0.1, 0.15) is 10.5 Å². The molecule has 80 valence electrons. The Morgan fingerprint density at radius 1 is 1.12 bits per heavy atom. The first-order valence-corrected chi connectivity index (χ1v) is 4.64. The van der Waals surface area contributed by atoms with E-state index in [0.717, 1.165) is 0 Å². The van der Waals surface area contributed by atoms with Crippen LogP contribution in [0.15, 0.2) is 42.5 Å². The summed E-state index contributed by atoms with van der Waals surface area (Å²) in [6, 6.07) is 10.7. The lowest BCUT2D eigenvalue weighted by Gasteiger charge is -2.05. The first-order chi connectivity index (χ1) is 7.79. The minimum Gasteiger partial charge on any atom is -0.436 e. The highest BCUT2D eigenvalue weighted by Crippen LogP contribution is 2.22. The zero-order chi connectivity index (χ0) is 11.4. The predicted molar refractivity (Wildman–Crippen MR) is 56.1 cm³/mol. The third-order valence-corrected chi connectivity index (χ3v) is 1.92. The number of benzene rings is 1. The number of hydrogen-bond acceptors (Lipinski definition) is 3. The van der Waals surface area contributed by atoms with Crippen LogP contribution < -0.4 is 4.74 Å². The lowest BCUT2D eigenvalue weighted by atomic mass is 10.3. The number of pyridine rings is 1. The van der Waals surface area contributed by atoms with Crippen molar-refractivity contribution < 1.29 is 13.9 Å². The molecule has 0 aliphatic rings. The van der Waals surface area contributed by atoms with Crippen molar-refractivity contribution in [2.75, 3.05) is 0 Å². The molecule has 16 heavy (non-hydrogen) atoms. The molecular weight excluding hydrogens is 209 g/mol. The fraction of sp³-hybridized carbons (Fsp3) is 0. The molecule has 0 N–H and O–H groups in total. The number of rotatable bonds is 3. The highest BCUT2D eigenvalue weighted by Gasteiger charge is 2.04. The maximum atomic E-state index is 13.2. The lowest BCUT2D eigenvalue weighted by Crippen LogP contribution is -1.93. The van der Waals surface area contributed by atoms with Crippen LogP contribution in [-0.4, -0.2) is 11.3 Å². The van der Waals surface area contributed by atoms with Crippen LogP contribution in [0.25, 0.3) is 0 Å². The number of aldehydes is 1. The van der Waals surface area contributed by atoms with Gasteiger partial charge in [0.25, 0.3) is 0 Å². The van der Waals surface area contributed by atoms with E-state index in [0.29, 0.717) is 6.29 Å². The SMILES string of the molecule is O=Cc1cccc(Oc2ccccc2F)n1. The van der Waals surface area contributed by atoms with Gasteiger partial charge >= 0.3 is 0 Å². The van der Waals surface area contributed by atoms with Crippen molar-refractivity contribution in [2.24, 2.45) is 0 Å². The van der Waals surface area contributed by atoms with Gasteiger partial charge in [0.05, 0.1) is 0 Å². The van der Waals surface area contributed by atoms with Gasteiger partial charge in [0.1, 0.15) is 5.69 Å². The highest BCUT2D eigenvalue weighted by molar-refractivity contribution is 5.71. The Labute approximate surface area is 91.5 Å². The molecule has 0 saturated carbocycles. The van der Waals surface area contributed by atoms with E-state index in [1.807, 2.05) is 0 Å². The van der Waals surface area contributed by atoms with Crippen molar-refractivity contribution in [1.82, 2.24) is 4.98 Å². The minimum absolute atomic E-state index is 0.0815. The number of hydrogen-bond donors (Lipinski definition) is 0. The average molecular weight is 217 g/mol. The molecule has 2 rings (SSSR count). The third-order valence-electron chi connectivity index (χ3n) is 1.92. The quantitative estimate of drug-likeness (QED) is 0.742. The molecule has 2 aromatic rings. The second-order valence-electron chi connectivity index (χ2n) is 3.05. The van der Waals surface area contributed by atoms with Gasteiger partial charge in [-0.2, -0.15) is 0 Å². The molecule has 0 saturated heterocycles. The Kier molecular flexibility index (Phi) is 2.91. The maximum Gasteiger partial charge on any atom is 0.220 e. The largest absolute Gasteiger partial charge is 0.436 e. The van der Waals surface area contributed by atoms with Crippen molar-refractivity contribution in [2.45, 2.75) is 0 Å². The van der Waals surface area contributed by atoms with Crippen molar-refractivity contribution in [1.29, 1.82) is 0 Å². The van der Waals surface area contributed by atoms with Gasteiger partial charge < -0.3 is 4.74 Å². The molecule has 1 aromatic heterocycles. The van der Waals surface area contributed by atoms with Gasteiger partial charge in [-0.05, 0) is 18.2 Å². The van der Waals surface area contributed by atoms with E-state index in [-0.39, 0.29) is 17.3 Å². The molecule has 1 aromatic carbocycles. The molecule has 4 heteroatoms. The number of ether oxygens (including phenoxy) is 1. The summed E-state index contributed by atoms with van der Waals surface area (Å²) in [7, 11) is 0. The molecule has 0 spiro atoms. The lowest BCUT2D eigenvalue weighted by molar-refractivity contribution is 0.111. The van der Waals surface area contributed by atoms with Gasteiger partial charge in [-0.25, -0.2) is 9.37 Å². The molecule has 0 fully saturated rings. The van der Waals surface area contributed by atoms with Gasteiger partial charge in [0.15, 0.2) is 17.9 Å². The fourth-order valence-corrected chi connectivity index (χ4v) is 1.19. The second-order valence-corrected chi connectivity index (χ2v) is 3.05. The van der Waals surface area contributed by atoms with Crippen molar-refractivity contribution in [3.63, 3.8) is 0 Å². The Morgan fingerprint density at radius 2 is 1.94 bits per heavy atom. The van der Waals surface area contributed by atoms with E-state index in [1.54, 1.807) is 30.3 Å². The topological polar surface area (TPSA) is 39.2 Å². The minimum atomic E-state index is -0.471. The zero-order valence-electron chi connectivity index (χ0n) is 8.26. The number of aromatic nitrogens is 1. The van der Waals surface area contributed by atoms with E-state index in [2.05, 4.69) is 4.98 Å². The summed E-state index contributed by atoms with van der Waals surface area (Å²) in [5.41, 5.74) is 0.244. The number of carbonyl (C=O) groups excluding carboxylic acids is 1. The second kappa shape index (κ2) is 4.53. The summed E-state index contributed by atoms with van der Waals surface area (Å²) in [4.78, 5) is 14.4. The van der Waals surface area contributed by atoms with Crippen LogP contribution in [0.5, 0.6) is 11.6 Å². The zero-order valence-corrected chi connectivity index (χ0v) is 8.26. The highest BCUT2D eigenvalue weighted by atomic mass is 19.1. The van der Waals surface area contributed by atoms with Gasteiger partial charge in [-0.15, -0.1) is 0 Å². The summed E-state index contributed by atoms with van der Waals surface area (Å²) in [5.74, 6) is -0.200. The molecule has 0 unspecified atom stereocenters. The maximum absolute atomic E-state index is 13.2. The molecule has 0 amide bonds. The Morgan fingerprint density at radius 3 is 2.69 bits per heavy atom. The van der Waals surface area contributed by atoms with Gasteiger partial charge in [0, 0.05) is 6.07 Å². The smallest absolute Gasteiger partial charge is 0.220 e. The molecule has 0 atom stereocenters. The average Bonchev–Trinajstić information content (AvgIpc) is 2.32. The van der Waals surface area contributed by atoms with Gasteiger partial charge in [-0.3, -0.25) is 4.79 Å². The van der Waals surface area contributed by atoms with Crippen LogP contribution in [0, 0.1) is 5.82 Å². The van der Waals surface area contributed by atoms with E-state index in [4.69, 9.17) is 4.74 Å². The van der Waals surface area contributed by atoms with Crippen LogP contribution in [0.3, 0.4) is 0 Å². The van der Waals surface area contributed by atoms with Crippen LogP contribution in [0.2, 0.25) is 0 Å². The number of nitrogens with zero attached hydrogens (tertiary/aromatic N) is 1. The summed E-state index contributed by atoms with van der Waals surface area (Å²) >= 11 is 0. The number of para-hydroxylation sites is 1. The summed E-state index contributed by atoms with van der Waals surface area (Å²) in [5, 5.41) is 0. The summed E-state index contributed by atoms with van der Waals surface area (Å²) in [6.45, 7) is 0. The number of carbonyl (C=O) groups is 1. The van der Waals surface area contributed by atoms with Crippen LogP contribution >= 0.6 is 0 Å². The third kappa shape index (κ3) is 2.23. The van der Waals surface area contributed by atoms with E-state index < -0.39 is 5.82 Å². The van der Waals surface area contributed by atoms with Crippen LogP contribution in [-0.2, 0) is 0 Å². The monoisotopic (exact) mass is 217 g/mol. The van der Waals surface area contributed by atoms with Crippen molar-refractivity contribution in [3.8, 4) is 11.6 Å². The first kappa shape index (κ1) is 10.3. The molecular formula is C12H8FNO2. The molecule has 0 radical (unpaired) electrons. The van der Waals surface area contributed by atoms with Crippen molar-refractivity contribution >= 4 is 6.29 Å². The normalized spacial score (nSPS) is 9.81. The Balaban J connectivity index is 2.27. The fourth-order valence-electron chi connectivity index (χ4n) is 1.19. The van der Waals surface area contributed by atoms with E-state index >= 15 is 0 Å². The van der Waals surface area contributed by atoms with E-state index in [9.17, 15) is 9.18 Å². The first-order valence-electron chi connectivity index (χ1n) is 4.64. The Hall–Kier alpha value is -2.23. The molecule has 0 bridgehead atoms. The predicted octanol–water partition coefficient (Wildman–Crippen LogP) is 2.83. The molecule has 3 nitrogen and oxygen atoms in total. The Bertz CT molecular complexity index is 514. The van der Waals surface area contributed by atoms with Gasteiger partial charge in [-0.1, -0.05) is 18.2 Å². The summed E-state index contributed by atoms with van der Waals surface area (Å²) < 4.78 is 18.4. The van der Waals surface area contributed by atoms with Gasteiger partial charge in [0.2, 0.25) is 5.88 Å². The van der Waals surface area contributed by atoms with E-state index in [1.165, 1.54) is 12.1 Å². The van der Waals surface area contributed by atoms with Crippen molar-refractivity contribution in [3.05, 3.63) is 54.0 Å². The molecule has 0 aliphatic heterocycles. The summed E-state index contributed by atoms with van der Waals surface area (Å²) in [6.07, 6.45) is 0.605. The number of halogens is 1. The molecule has 0 aliphatic carbocycles. The standard InChI is InChI=1S/C12H8FNO2/c13-10-5-1-2-6-11(10)16-12-7-3-4-9(8-15)14-12/h1-8H. The molecule has 1 heterocycles. The van der Waals surface area contributed by atoms with Crippen LogP contribution in [0.4, 0.5) is 4.39 Å².